The van der Waals surface area contributed by atoms with E-state index in [2.05, 4.69) is 26.1 Å². The van der Waals surface area contributed by atoms with E-state index in [0.29, 0.717) is 5.92 Å². The van der Waals surface area contributed by atoms with Gasteiger partial charge in [-0.2, -0.15) is 0 Å². The molecule has 2 unspecified atom stereocenters. The molecular formula is C15H30N2O2. The predicted octanol–water partition coefficient (Wildman–Crippen LogP) is 2.39. The molecule has 1 saturated heterocycles. The van der Waals surface area contributed by atoms with Crippen molar-refractivity contribution >= 4 is 5.91 Å². The molecule has 2 atom stereocenters. The molecule has 0 aromatic heterocycles. The molecule has 0 aromatic carbocycles. The standard InChI is InChI=1S/C15H30N2O2/c1-6-15(4)14(18)17(13(16-15)12(2)3)10-8-7-9-11-19-5/h12-13,16H,6-11H2,1-5H3. The number of hydrogen-bond donors (Lipinski definition) is 1. The molecule has 0 saturated carbocycles. The molecule has 0 aliphatic carbocycles. The second-order valence-electron chi connectivity index (χ2n) is 6.07. The summed E-state index contributed by atoms with van der Waals surface area (Å²) in [5.41, 5.74) is -0.374. The minimum Gasteiger partial charge on any atom is -0.385 e. The molecule has 0 aromatic rings. The third kappa shape index (κ3) is 3.93. The largest absolute Gasteiger partial charge is 0.385 e. The van der Waals surface area contributed by atoms with Crippen LogP contribution in [-0.2, 0) is 9.53 Å². The van der Waals surface area contributed by atoms with Crippen LogP contribution in [0, 0.1) is 5.92 Å². The second-order valence-corrected chi connectivity index (χ2v) is 6.07. The summed E-state index contributed by atoms with van der Waals surface area (Å²) in [5.74, 6) is 0.705. The van der Waals surface area contributed by atoms with Crippen LogP contribution in [0.2, 0.25) is 0 Å². The summed E-state index contributed by atoms with van der Waals surface area (Å²) in [6, 6.07) is 0. The number of carbonyl (C=O) groups excluding carboxylic acids is 1. The van der Waals surface area contributed by atoms with Gasteiger partial charge in [-0.1, -0.05) is 20.8 Å². The first-order chi connectivity index (χ1) is 8.96. The van der Waals surface area contributed by atoms with Crippen LogP contribution in [0.3, 0.4) is 0 Å². The molecule has 1 aliphatic rings. The first-order valence-corrected chi connectivity index (χ1v) is 7.54. The van der Waals surface area contributed by atoms with Gasteiger partial charge in [-0.15, -0.1) is 0 Å². The molecule has 1 N–H and O–H groups in total. The fourth-order valence-corrected chi connectivity index (χ4v) is 2.64. The SMILES string of the molecule is CCC1(C)NC(C(C)C)N(CCCCCOC)C1=O. The van der Waals surface area contributed by atoms with E-state index in [0.717, 1.165) is 38.8 Å². The van der Waals surface area contributed by atoms with E-state index in [4.69, 9.17) is 4.74 Å². The van der Waals surface area contributed by atoms with E-state index in [1.54, 1.807) is 7.11 Å². The summed E-state index contributed by atoms with van der Waals surface area (Å²) in [6.45, 7) is 10.1. The van der Waals surface area contributed by atoms with Gasteiger partial charge in [-0.25, -0.2) is 0 Å². The Bertz CT molecular complexity index is 294. The minimum atomic E-state index is -0.374. The van der Waals surface area contributed by atoms with Crippen LogP contribution in [0.1, 0.15) is 53.4 Å². The minimum absolute atomic E-state index is 0.180. The Balaban J connectivity index is 2.55. The zero-order valence-corrected chi connectivity index (χ0v) is 13.2. The van der Waals surface area contributed by atoms with Crippen LogP contribution in [0.4, 0.5) is 0 Å². The van der Waals surface area contributed by atoms with E-state index in [1.807, 2.05) is 11.8 Å². The molecule has 1 heterocycles. The van der Waals surface area contributed by atoms with Gasteiger partial charge in [0.1, 0.15) is 0 Å². The Morgan fingerprint density at radius 1 is 1.37 bits per heavy atom. The van der Waals surface area contributed by atoms with Crippen molar-refractivity contribution in [3.63, 3.8) is 0 Å². The van der Waals surface area contributed by atoms with Crippen LogP contribution in [-0.4, -0.2) is 42.8 Å². The lowest BCUT2D eigenvalue weighted by Crippen LogP contribution is -2.45. The number of nitrogens with zero attached hydrogens (tertiary/aromatic N) is 1. The van der Waals surface area contributed by atoms with Crippen molar-refractivity contribution < 1.29 is 9.53 Å². The number of amides is 1. The summed E-state index contributed by atoms with van der Waals surface area (Å²) in [5, 5.41) is 3.52. The summed E-state index contributed by atoms with van der Waals surface area (Å²) >= 11 is 0. The average Bonchev–Trinajstić information content (AvgIpc) is 2.64. The van der Waals surface area contributed by atoms with Gasteiger partial charge < -0.3 is 9.64 Å². The highest BCUT2D eigenvalue weighted by molar-refractivity contribution is 5.88. The molecule has 19 heavy (non-hydrogen) atoms. The first kappa shape index (κ1) is 16.4. The Hall–Kier alpha value is -0.610. The van der Waals surface area contributed by atoms with Gasteiger partial charge >= 0.3 is 0 Å². The molecule has 112 valence electrons. The van der Waals surface area contributed by atoms with Crippen molar-refractivity contribution in [2.45, 2.75) is 65.1 Å². The van der Waals surface area contributed by atoms with Gasteiger partial charge in [-0.3, -0.25) is 10.1 Å². The van der Waals surface area contributed by atoms with E-state index in [9.17, 15) is 4.79 Å². The van der Waals surface area contributed by atoms with Crippen molar-refractivity contribution in [1.82, 2.24) is 10.2 Å². The van der Waals surface area contributed by atoms with E-state index >= 15 is 0 Å². The van der Waals surface area contributed by atoms with Gasteiger partial charge in [0.25, 0.3) is 0 Å². The Labute approximate surface area is 117 Å². The lowest BCUT2D eigenvalue weighted by Gasteiger charge is -2.27. The second kappa shape index (κ2) is 7.25. The van der Waals surface area contributed by atoms with Crippen LogP contribution in [0.15, 0.2) is 0 Å². The summed E-state index contributed by atoms with van der Waals surface area (Å²) < 4.78 is 5.05. The lowest BCUT2D eigenvalue weighted by molar-refractivity contribution is -0.133. The fourth-order valence-electron chi connectivity index (χ4n) is 2.64. The van der Waals surface area contributed by atoms with Crippen molar-refractivity contribution in [2.24, 2.45) is 5.92 Å². The quantitative estimate of drug-likeness (QED) is 0.689. The molecule has 0 spiro atoms. The highest BCUT2D eigenvalue weighted by atomic mass is 16.5. The molecule has 1 aliphatic heterocycles. The summed E-state index contributed by atoms with van der Waals surface area (Å²) in [6.07, 6.45) is 4.27. The normalized spacial score (nSPS) is 27.6. The highest BCUT2D eigenvalue weighted by Gasteiger charge is 2.47. The predicted molar refractivity (Wildman–Crippen MR) is 77.9 cm³/mol. The average molecular weight is 270 g/mol. The Kier molecular flexibility index (Phi) is 6.27. The highest BCUT2D eigenvalue weighted by Crippen LogP contribution is 2.27. The van der Waals surface area contributed by atoms with Gasteiger partial charge in [0, 0.05) is 20.3 Å². The molecule has 1 fully saturated rings. The topological polar surface area (TPSA) is 41.6 Å². The van der Waals surface area contributed by atoms with Crippen molar-refractivity contribution in [3.8, 4) is 0 Å². The number of rotatable bonds is 8. The number of carbonyl (C=O) groups is 1. The maximum absolute atomic E-state index is 12.5. The molecule has 1 rings (SSSR count). The maximum atomic E-state index is 12.5. The van der Waals surface area contributed by atoms with Crippen molar-refractivity contribution in [1.29, 1.82) is 0 Å². The molecule has 4 heteroatoms. The third-order valence-electron chi connectivity index (χ3n) is 4.12. The van der Waals surface area contributed by atoms with Gasteiger partial charge in [0.15, 0.2) is 0 Å². The molecule has 1 amide bonds. The number of unbranched alkanes of at least 4 members (excludes halogenated alkanes) is 2. The zero-order valence-electron chi connectivity index (χ0n) is 13.2. The third-order valence-corrected chi connectivity index (χ3v) is 4.12. The number of hydrogen-bond acceptors (Lipinski definition) is 3. The van der Waals surface area contributed by atoms with Crippen molar-refractivity contribution in [3.05, 3.63) is 0 Å². The number of methoxy groups -OCH3 is 1. The van der Waals surface area contributed by atoms with Gasteiger partial charge in [0.2, 0.25) is 5.91 Å². The van der Waals surface area contributed by atoms with E-state index in [1.165, 1.54) is 0 Å². The summed E-state index contributed by atoms with van der Waals surface area (Å²) in [4.78, 5) is 14.6. The lowest BCUT2D eigenvalue weighted by atomic mass is 9.99. The molecule has 4 nitrogen and oxygen atoms in total. The van der Waals surface area contributed by atoms with Crippen LogP contribution in [0.25, 0.3) is 0 Å². The Morgan fingerprint density at radius 3 is 2.58 bits per heavy atom. The van der Waals surface area contributed by atoms with Crippen LogP contribution in [0.5, 0.6) is 0 Å². The number of ether oxygens (including phenoxy) is 1. The first-order valence-electron chi connectivity index (χ1n) is 7.54. The molecule has 0 radical (unpaired) electrons. The summed E-state index contributed by atoms with van der Waals surface area (Å²) in [7, 11) is 1.73. The monoisotopic (exact) mass is 270 g/mol. The van der Waals surface area contributed by atoms with Crippen LogP contribution >= 0.6 is 0 Å². The smallest absolute Gasteiger partial charge is 0.243 e. The Morgan fingerprint density at radius 2 is 2.05 bits per heavy atom. The molecule has 0 bridgehead atoms. The van der Waals surface area contributed by atoms with Crippen LogP contribution < -0.4 is 5.32 Å². The fraction of sp³-hybridized carbons (Fsp3) is 0.933. The van der Waals surface area contributed by atoms with E-state index in [-0.39, 0.29) is 17.6 Å². The maximum Gasteiger partial charge on any atom is 0.243 e. The number of nitrogens with one attached hydrogen (secondary N) is 1. The van der Waals surface area contributed by atoms with Gasteiger partial charge in [0.05, 0.1) is 11.7 Å². The molecular weight excluding hydrogens is 240 g/mol. The van der Waals surface area contributed by atoms with Crippen molar-refractivity contribution in [2.75, 3.05) is 20.3 Å². The van der Waals surface area contributed by atoms with E-state index < -0.39 is 0 Å². The van der Waals surface area contributed by atoms with Gasteiger partial charge in [-0.05, 0) is 38.5 Å². The zero-order chi connectivity index (χ0) is 14.5.